The van der Waals surface area contributed by atoms with E-state index < -0.39 is 10.0 Å². The van der Waals surface area contributed by atoms with Crippen LogP contribution in [-0.2, 0) is 14.8 Å². The Morgan fingerprint density at radius 2 is 2.22 bits per heavy atom. The smallest absolute Gasteiger partial charge is 0.252 e. The molecule has 8 heteroatoms. The van der Waals surface area contributed by atoms with E-state index in [-0.39, 0.29) is 18.4 Å². The number of amides is 1. The molecule has 1 aliphatic heterocycles. The third-order valence-corrected chi connectivity index (χ3v) is 7.01. The van der Waals surface area contributed by atoms with Crippen molar-refractivity contribution in [1.29, 1.82) is 0 Å². The van der Waals surface area contributed by atoms with Crippen molar-refractivity contribution in [3.8, 4) is 0 Å². The summed E-state index contributed by atoms with van der Waals surface area (Å²) in [6.45, 7) is 0.670. The fourth-order valence-corrected chi connectivity index (χ4v) is 5.26. The molecule has 1 N–H and O–H groups in total. The highest BCUT2D eigenvalue weighted by Gasteiger charge is 2.33. The molecular formula is C15H17N3O3S2. The number of rotatable bonds is 4. The fraction of sp³-hybridized carbons (Fsp3) is 0.333. The molecule has 0 aliphatic carbocycles. The highest BCUT2D eigenvalue weighted by molar-refractivity contribution is 7.91. The van der Waals surface area contributed by atoms with Crippen molar-refractivity contribution in [3.05, 3.63) is 42.0 Å². The number of carbonyl (C=O) groups is 1. The Morgan fingerprint density at radius 3 is 2.91 bits per heavy atom. The number of hydrogen-bond donors (Lipinski definition) is 1. The molecule has 1 amide bonds. The maximum Gasteiger partial charge on any atom is 0.252 e. The number of nitrogens with zero attached hydrogens (tertiary/aromatic N) is 2. The van der Waals surface area contributed by atoms with Crippen LogP contribution < -0.4 is 5.32 Å². The number of sulfonamides is 1. The van der Waals surface area contributed by atoms with Gasteiger partial charge in [-0.3, -0.25) is 9.78 Å². The summed E-state index contributed by atoms with van der Waals surface area (Å²) in [7, 11) is -3.50. The summed E-state index contributed by atoms with van der Waals surface area (Å²) >= 11 is 1.20. The minimum absolute atomic E-state index is 0.163. The normalized spacial score (nSPS) is 19.4. The molecule has 0 spiro atoms. The van der Waals surface area contributed by atoms with Crippen molar-refractivity contribution in [2.45, 2.75) is 17.1 Å². The van der Waals surface area contributed by atoms with E-state index in [1.54, 1.807) is 42.0 Å². The van der Waals surface area contributed by atoms with Crippen LogP contribution in [0.5, 0.6) is 0 Å². The Hall–Kier alpha value is -1.77. The van der Waals surface area contributed by atoms with Gasteiger partial charge in [0.25, 0.3) is 10.0 Å². The molecule has 6 nitrogen and oxygen atoms in total. The monoisotopic (exact) mass is 351 g/mol. The van der Waals surface area contributed by atoms with E-state index in [2.05, 4.69) is 10.3 Å². The van der Waals surface area contributed by atoms with Gasteiger partial charge in [0.05, 0.1) is 17.8 Å². The summed E-state index contributed by atoms with van der Waals surface area (Å²) < 4.78 is 26.9. The number of hydrogen-bond acceptors (Lipinski definition) is 5. The SMILES string of the molecule is O=C(Nc1cccnc1)C1CCCN(S(=O)(=O)c2cccs2)C1. The number of aromatic nitrogens is 1. The number of nitrogens with one attached hydrogen (secondary N) is 1. The topological polar surface area (TPSA) is 79.4 Å². The van der Waals surface area contributed by atoms with Crippen molar-refractivity contribution < 1.29 is 13.2 Å². The molecule has 2 aromatic heterocycles. The van der Waals surface area contributed by atoms with Crippen LogP contribution in [0.3, 0.4) is 0 Å². The van der Waals surface area contributed by atoms with Gasteiger partial charge in [-0.25, -0.2) is 8.42 Å². The lowest BCUT2D eigenvalue weighted by molar-refractivity contribution is -0.120. The third kappa shape index (κ3) is 3.60. The highest BCUT2D eigenvalue weighted by atomic mass is 32.2. The van der Waals surface area contributed by atoms with Gasteiger partial charge in [-0.1, -0.05) is 6.07 Å². The number of carbonyl (C=O) groups excluding carboxylic acids is 1. The molecule has 0 saturated carbocycles. The molecule has 23 heavy (non-hydrogen) atoms. The standard InChI is InChI=1S/C15H17N3O3S2/c19-15(17-13-5-1-7-16-10-13)12-4-2-8-18(11-12)23(20,21)14-6-3-9-22-14/h1,3,5-7,9-10,12H,2,4,8,11H2,(H,17,19). The zero-order valence-electron chi connectivity index (χ0n) is 12.4. The second-order valence-electron chi connectivity index (χ2n) is 5.37. The molecular weight excluding hydrogens is 334 g/mol. The summed E-state index contributed by atoms with van der Waals surface area (Å²) in [5.41, 5.74) is 0.621. The average molecular weight is 351 g/mol. The van der Waals surface area contributed by atoms with Crippen molar-refractivity contribution in [1.82, 2.24) is 9.29 Å². The largest absolute Gasteiger partial charge is 0.324 e. The molecule has 1 fully saturated rings. The molecule has 0 aromatic carbocycles. The Labute approximate surface area is 139 Å². The van der Waals surface area contributed by atoms with Crippen LogP contribution in [-0.4, -0.2) is 36.7 Å². The first kappa shape index (κ1) is 16.1. The van der Waals surface area contributed by atoms with Gasteiger partial charge in [0.15, 0.2) is 0 Å². The first-order valence-electron chi connectivity index (χ1n) is 7.32. The Bertz CT molecular complexity index is 761. The molecule has 0 radical (unpaired) electrons. The van der Waals surface area contributed by atoms with E-state index in [4.69, 9.17) is 0 Å². The first-order valence-corrected chi connectivity index (χ1v) is 9.64. The predicted molar refractivity (Wildman–Crippen MR) is 88.7 cm³/mol. The van der Waals surface area contributed by atoms with Crippen LogP contribution >= 0.6 is 11.3 Å². The summed E-state index contributed by atoms with van der Waals surface area (Å²) in [5.74, 6) is -0.511. The highest BCUT2D eigenvalue weighted by Crippen LogP contribution is 2.26. The summed E-state index contributed by atoms with van der Waals surface area (Å²) in [6.07, 6.45) is 4.56. The number of pyridine rings is 1. The van der Waals surface area contributed by atoms with Crippen molar-refractivity contribution in [2.75, 3.05) is 18.4 Å². The molecule has 1 saturated heterocycles. The van der Waals surface area contributed by atoms with Gasteiger partial charge < -0.3 is 5.32 Å². The van der Waals surface area contributed by atoms with Crippen molar-refractivity contribution in [3.63, 3.8) is 0 Å². The maximum atomic E-state index is 12.6. The first-order chi connectivity index (χ1) is 11.1. The molecule has 0 bridgehead atoms. The van der Waals surface area contributed by atoms with E-state index in [1.165, 1.54) is 15.6 Å². The van der Waals surface area contributed by atoms with Crippen molar-refractivity contribution >= 4 is 33.0 Å². The second-order valence-corrected chi connectivity index (χ2v) is 8.48. The molecule has 1 unspecified atom stereocenters. The van der Waals surface area contributed by atoms with Gasteiger partial charge >= 0.3 is 0 Å². The Kier molecular flexibility index (Phi) is 4.74. The van der Waals surface area contributed by atoms with Crippen molar-refractivity contribution in [2.24, 2.45) is 5.92 Å². The van der Waals surface area contributed by atoms with Crippen LogP contribution in [0.1, 0.15) is 12.8 Å². The fourth-order valence-electron chi connectivity index (χ4n) is 2.59. The number of piperidine rings is 1. The van der Waals surface area contributed by atoms with Crippen LogP contribution in [0.2, 0.25) is 0 Å². The zero-order valence-corrected chi connectivity index (χ0v) is 14.0. The minimum atomic E-state index is -3.50. The summed E-state index contributed by atoms with van der Waals surface area (Å²) in [4.78, 5) is 16.3. The van der Waals surface area contributed by atoms with Crippen LogP contribution in [0.4, 0.5) is 5.69 Å². The lowest BCUT2D eigenvalue weighted by Crippen LogP contribution is -2.43. The molecule has 3 heterocycles. The average Bonchev–Trinajstić information content (AvgIpc) is 3.11. The number of thiophene rings is 1. The van der Waals surface area contributed by atoms with Gasteiger partial charge in [-0.2, -0.15) is 4.31 Å². The molecule has 2 aromatic rings. The van der Waals surface area contributed by atoms with Gasteiger partial charge in [0, 0.05) is 19.3 Å². The minimum Gasteiger partial charge on any atom is -0.324 e. The van der Waals surface area contributed by atoms with Gasteiger partial charge in [-0.15, -0.1) is 11.3 Å². The third-order valence-electron chi connectivity index (χ3n) is 3.77. The van der Waals surface area contributed by atoms with E-state index in [1.807, 2.05) is 0 Å². The van der Waals surface area contributed by atoms with Crippen LogP contribution in [0.25, 0.3) is 0 Å². The Balaban J connectivity index is 1.70. The van der Waals surface area contributed by atoms with E-state index >= 15 is 0 Å². The molecule has 1 aliphatic rings. The molecule has 1 atom stereocenters. The number of anilines is 1. The predicted octanol–water partition coefficient (Wildman–Crippen LogP) is 2.18. The summed E-state index contributed by atoms with van der Waals surface area (Å²) in [5, 5.41) is 4.54. The zero-order chi connectivity index (χ0) is 16.3. The maximum absolute atomic E-state index is 12.6. The lowest BCUT2D eigenvalue weighted by atomic mass is 9.99. The van der Waals surface area contributed by atoms with E-state index in [0.29, 0.717) is 29.3 Å². The van der Waals surface area contributed by atoms with E-state index in [0.717, 1.165) is 0 Å². The molecule has 122 valence electrons. The van der Waals surface area contributed by atoms with Gasteiger partial charge in [0.1, 0.15) is 4.21 Å². The Morgan fingerprint density at radius 1 is 1.35 bits per heavy atom. The van der Waals surface area contributed by atoms with Crippen LogP contribution in [0.15, 0.2) is 46.2 Å². The summed E-state index contributed by atoms with van der Waals surface area (Å²) in [6, 6.07) is 6.81. The lowest BCUT2D eigenvalue weighted by Gasteiger charge is -2.30. The second kappa shape index (κ2) is 6.77. The van der Waals surface area contributed by atoms with E-state index in [9.17, 15) is 13.2 Å². The quantitative estimate of drug-likeness (QED) is 0.916. The molecule has 3 rings (SSSR count). The van der Waals surface area contributed by atoms with Crippen LogP contribution in [0, 0.1) is 5.92 Å². The van der Waals surface area contributed by atoms with Gasteiger partial charge in [0.2, 0.25) is 5.91 Å². The van der Waals surface area contributed by atoms with Gasteiger partial charge in [-0.05, 0) is 36.4 Å².